The Morgan fingerprint density at radius 3 is 3.14 bits per heavy atom. The zero-order valence-electron chi connectivity index (χ0n) is 8.53. The molecule has 1 amide bonds. The summed E-state index contributed by atoms with van der Waals surface area (Å²) in [6.45, 7) is 4.99. The maximum Gasteiger partial charge on any atom is 0.248 e. The molecule has 0 radical (unpaired) electrons. The molecular weight excluding hydrogens is 184 g/mol. The molecule has 0 aromatic heterocycles. The molecule has 1 unspecified atom stereocenters. The first-order chi connectivity index (χ1) is 6.77. The maximum absolute atomic E-state index is 11.2. The number of aliphatic hydroxyl groups is 1. The van der Waals surface area contributed by atoms with E-state index in [1.807, 2.05) is 6.92 Å². The number of carbonyl (C=O) groups is 1. The predicted molar refractivity (Wildman–Crippen MR) is 51.9 cm³/mol. The van der Waals surface area contributed by atoms with Crippen LogP contribution >= 0.6 is 0 Å². The van der Waals surface area contributed by atoms with E-state index in [1.165, 1.54) is 0 Å². The van der Waals surface area contributed by atoms with Gasteiger partial charge in [0.1, 0.15) is 6.61 Å². The lowest BCUT2D eigenvalue weighted by Crippen LogP contribution is -2.49. The van der Waals surface area contributed by atoms with Crippen LogP contribution in [0.2, 0.25) is 0 Å². The van der Waals surface area contributed by atoms with Crippen molar-refractivity contribution in [2.24, 2.45) is 0 Å². The van der Waals surface area contributed by atoms with Gasteiger partial charge in [0, 0.05) is 19.6 Å². The van der Waals surface area contributed by atoms with Gasteiger partial charge in [-0.25, -0.2) is 0 Å². The lowest BCUT2D eigenvalue weighted by molar-refractivity contribution is -0.141. The molecule has 1 aliphatic heterocycles. The molecule has 5 nitrogen and oxygen atoms in total. The summed E-state index contributed by atoms with van der Waals surface area (Å²) in [6, 6.07) is 0. The van der Waals surface area contributed by atoms with Crippen molar-refractivity contribution in [1.29, 1.82) is 0 Å². The fourth-order valence-electron chi connectivity index (χ4n) is 1.47. The number of nitrogens with one attached hydrogen (secondary N) is 1. The highest BCUT2D eigenvalue weighted by Crippen LogP contribution is 2.04. The van der Waals surface area contributed by atoms with E-state index >= 15 is 0 Å². The number of amides is 1. The van der Waals surface area contributed by atoms with Gasteiger partial charge in [0.05, 0.1) is 12.7 Å². The van der Waals surface area contributed by atoms with Crippen LogP contribution in [0.5, 0.6) is 0 Å². The summed E-state index contributed by atoms with van der Waals surface area (Å²) in [5.41, 5.74) is 0. The number of likely N-dealkylation sites (N-methyl/N-ethyl adjacent to an activating group) is 1. The molecule has 0 saturated carbocycles. The van der Waals surface area contributed by atoms with Gasteiger partial charge in [-0.15, -0.1) is 0 Å². The van der Waals surface area contributed by atoms with Gasteiger partial charge in [0.25, 0.3) is 0 Å². The second-order valence-corrected chi connectivity index (χ2v) is 3.30. The Morgan fingerprint density at radius 2 is 2.50 bits per heavy atom. The van der Waals surface area contributed by atoms with E-state index in [0.717, 1.165) is 13.1 Å². The van der Waals surface area contributed by atoms with E-state index in [9.17, 15) is 4.79 Å². The van der Waals surface area contributed by atoms with Crippen LogP contribution in [0.4, 0.5) is 0 Å². The van der Waals surface area contributed by atoms with Crippen molar-refractivity contribution in [2.75, 3.05) is 39.4 Å². The van der Waals surface area contributed by atoms with Gasteiger partial charge in [-0.1, -0.05) is 6.92 Å². The molecule has 1 saturated heterocycles. The zero-order valence-corrected chi connectivity index (χ0v) is 8.53. The van der Waals surface area contributed by atoms with Crippen molar-refractivity contribution in [2.45, 2.75) is 13.0 Å². The Hall–Kier alpha value is -0.650. The lowest BCUT2D eigenvalue weighted by atomic mass is 10.2. The fourth-order valence-corrected chi connectivity index (χ4v) is 1.47. The molecule has 0 bridgehead atoms. The Bertz CT molecular complexity index is 187. The Labute approximate surface area is 84.0 Å². The third-order valence-electron chi connectivity index (χ3n) is 2.25. The second-order valence-electron chi connectivity index (χ2n) is 3.30. The van der Waals surface area contributed by atoms with Gasteiger partial charge in [-0.2, -0.15) is 0 Å². The van der Waals surface area contributed by atoms with E-state index < -0.39 is 6.61 Å². The average Bonchev–Trinajstić information content (AvgIpc) is 2.25. The van der Waals surface area contributed by atoms with Crippen molar-refractivity contribution in [3.63, 3.8) is 0 Å². The van der Waals surface area contributed by atoms with Crippen molar-refractivity contribution in [1.82, 2.24) is 10.2 Å². The molecule has 82 valence electrons. The van der Waals surface area contributed by atoms with Crippen molar-refractivity contribution < 1.29 is 14.6 Å². The first-order valence-electron chi connectivity index (χ1n) is 4.99. The number of nitrogens with zero attached hydrogens (tertiary/aromatic N) is 1. The standard InChI is InChI=1S/C9H18N2O3/c1-2-10-5-8-6-11(3-4-14-8)9(13)7-12/h8,10,12H,2-7H2,1H3. The van der Waals surface area contributed by atoms with Crippen LogP contribution in [0.3, 0.4) is 0 Å². The molecule has 0 aromatic carbocycles. The Kier molecular flexibility index (Phi) is 4.86. The number of aliphatic hydroxyl groups excluding tert-OH is 1. The molecule has 1 aliphatic rings. The van der Waals surface area contributed by atoms with Gasteiger partial charge < -0.3 is 20.1 Å². The quantitative estimate of drug-likeness (QED) is 0.602. The van der Waals surface area contributed by atoms with E-state index in [-0.39, 0.29) is 12.0 Å². The van der Waals surface area contributed by atoms with Gasteiger partial charge >= 0.3 is 0 Å². The molecule has 5 heteroatoms. The first kappa shape index (κ1) is 11.4. The van der Waals surface area contributed by atoms with Crippen molar-refractivity contribution in [3.05, 3.63) is 0 Å². The topological polar surface area (TPSA) is 61.8 Å². The summed E-state index contributed by atoms with van der Waals surface area (Å²) >= 11 is 0. The summed E-state index contributed by atoms with van der Waals surface area (Å²) in [4.78, 5) is 12.8. The monoisotopic (exact) mass is 202 g/mol. The maximum atomic E-state index is 11.2. The van der Waals surface area contributed by atoms with Crippen LogP contribution in [0.1, 0.15) is 6.92 Å². The molecule has 1 rings (SSSR count). The Balaban J connectivity index is 2.31. The minimum absolute atomic E-state index is 0.0548. The van der Waals surface area contributed by atoms with Crippen LogP contribution < -0.4 is 5.32 Å². The molecule has 0 aliphatic carbocycles. The molecule has 1 fully saturated rings. The molecule has 0 aromatic rings. The molecule has 14 heavy (non-hydrogen) atoms. The average molecular weight is 202 g/mol. The van der Waals surface area contributed by atoms with Crippen LogP contribution in [0.25, 0.3) is 0 Å². The number of hydrogen-bond donors (Lipinski definition) is 2. The Morgan fingerprint density at radius 1 is 1.71 bits per heavy atom. The molecule has 0 spiro atoms. The van der Waals surface area contributed by atoms with E-state index in [1.54, 1.807) is 4.90 Å². The number of ether oxygens (including phenoxy) is 1. The molecule has 1 heterocycles. The third kappa shape index (κ3) is 3.25. The van der Waals surface area contributed by atoms with Crippen molar-refractivity contribution >= 4 is 5.91 Å². The minimum Gasteiger partial charge on any atom is -0.387 e. The summed E-state index contributed by atoms with van der Waals surface area (Å²) in [5, 5.41) is 11.9. The number of hydrogen-bond acceptors (Lipinski definition) is 4. The van der Waals surface area contributed by atoms with Crippen LogP contribution in [-0.2, 0) is 9.53 Å². The van der Waals surface area contributed by atoms with Crippen LogP contribution in [0.15, 0.2) is 0 Å². The van der Waals surface area contributed by atoms with Gasteiger partial charge in [0.15, 0.2) is 0 Å². The largest absolute Gasteiger partial charge is 0.387 e. The van der Waals surface area contributed by atoms with E-state index in [4.69, 9.17) is 9.84 Å². The second kappa shape index (κ2) is 5.95. The summed E-state index contributed by atoms with van der Waals surface area (Å²) in [5.74, 6) is -0.213. The van der Waals surface area contributed by atoms with Gasteiger partial charge in [-0.3, -0.25) is 4.79 Å². The highest BCUT2D eigenvalue weighted by atomic mass is 16.5. The highest BCUT2D eigenvalue weighted by molar-refractivity contribution is 5.77. The van der Waals surface area contributed by atoms with E-state index in [2.05, 4.69) is 5.32 Å². The highest BCUT2D eigenvalue weighted by Gasteiger charge is 2.22. The smallest absolute Gasteiger partial charge is 0.248 e. The summed E-state index contributed by atoms with van der Waals surface area (Å²) in [6.07, 6.45) is 0.0548. The number of carbonyl (C=O) groups excluding carboxylic acids is 1. The van der Waals surface area contributed by atoms with Crippen LogP contribution in [-0.4, -0.2) is 61.4 Å². The summed E-state index contributed by atoms with van der Waals surface area (Å²) < 4.78 is 5.47. The fraction of sp³-hybridized carbons (Fsp3) is 0.889. The first-order valence-corrected chi connectivity index (χ1v) is 4.99. The van der Waals surface area contributed by atoms with Gasteiger partial charge in [-0.05, 0) is 6.54 Å². The SMILES string of the molecule is CCNCC1CN(C(=O)CO)CCO1. The molecular formula is C9H18N2O3. The van der Waals surface area contributed by atoms with Crippen LogP contribution in [0, 0.1) is 0 Å². The molecule has 1 atom stereocenters. The zero-order chi connectivity index (χ0) is 10.4. The molecule has 2 N–H and O–H groups in total. The minimum atomic E-state index is -0.409. The van der Waals surface area contributed by atoms with Gasteiger partial charge in [0.2, 0.25) is 5.91 Å². The number of morpholine rings is 1. The normalized spacial score (nSPS) is 22.4. The van der Waals surface area contributed by atoms with Crippen molar-refractivity contribution in [3.8, 4) is 0 Å². The predicted octanol–water partition coefficient (Wildman–Crippen LogP) is -1.18. The summed E-state index contributed by atoms with van der Waals surface area (Å²) in [7, 11) is 0. The lowest BCUT2D eigenvalue weighted by Gasteiger charge is -2.32. The van der Waals surface area contributed by atoms with E-state index in [0.29, 0.717) is 19.7 Å². The third-order valence-corrected chi connectivity index (χ3v) is 2.25. The number of rotatable bonds is 4.